The van der Waals surface area contributed by atoms with E-state index < -0.39 is 0 Å². The minimum Gasteiger partial charge on any atom is -0.465 e. The summed E-state index contributed by atoms with van der Waals surface area (Å²) in [5.41, 5.74) is 0.546. The summed E-state index contributed by atoms with van der Waals surface area (Å²) in [5.74, 6) is 1.19. The van der Waals surface area contributed by atoms with E-state index in [0.29, 0.717) is 11.3 Å². The highest BCUT2D eigenvalue weighted by Crippen LogP contribution is 2.23. The van der Waals surface area contributed by atoms with Crippen LogP contribution < -0.4 is 0 Å². The average molecular weight is 306 g/mol. The van der Waals surface area contributed by atoms with Gasteiger partial charge in [-0.2, -0.15) is 0 Å². The van der Waals surface area contributed by atoms with Crippen LogP contribution >= 0.6 is 0 Å². The molecule has 3 rings (SSSR count). The fourth-order valence-corrected chi connectivity index (χ4v) is 3.70. The average Bonchev–Trinajstić information content (AvgIpc) is 3.17. The second-order valence-corrected chi connectivity index (χ2v) is 6.42. The summed E-state index contributed by atoms with van der Waals surface area (Å²) in [6.07, 6.45) is 5.21. The molecule has 2 fully saturated rings. The lowest BCUT2D eigenvalue weighted by Crippen LogP contribution is -2.43. The van der Waals surface area contributed by atoms with E-state index in [9.17, 15) is 4.79 Å². The van der Waals surface area contributed by atoms with Crippen LogP contribution in [0.1, 0.15) is 47.6 Å². The van der Waals surface area contributed by atoms with Gasteiger partial charge in [0.05, 0.1) is 13.7 Å². The number of hydrogen-bond donors (Lipinski definition) is 0. The molecule has 0 bridgehead atoms. The molecule has 0 aliphatic carbocycles. The highest BCUT2D eigenvalue weighted by Gasteiger charge is 2.27. The number of likely N-dealkylation sites (tertiary alicyclic amines) is 2. The topological polar surface area (TPSA) is 45.9 Å². The van der Waals surface area contributed by atoms with Gasteiger partial charge in [-0.15, -0.1) is 0 Å². The first-order chi connectivity index (χ1) is 10.7. The number of ether oxygens (including phenoxy) is 1. The molecule has 0 saturated carbocycles. The number of carbonyl (C=O) groups is 1. The number of rotatable bonds is 4. The molecule has 0 radical (unpaired) electrons. The lowest BCUT2D eigenvalue weighted by Gasteiger charge is -2.36. The van der Waals surface area contributed by atoms with Crippen LogP contribution in [-0.2, 0) is 11.3 Å². The van der Waals surface area contributed by atoms with Gasteiger partial charge in [-0.25, -0.2) is 4.79 Å². The van der Waals surface area contributed by atoms with Crippen molar-refractivity contribution in [1.82, 2.24) is 9.80 Å². The molecule has 2 aliphatic rings. The maximum Gasteiger partial charge on any atom is 0.341 e. The third kappa shape index (κ3) is 3.36. The molecule has 3 heterocycles. The number of carbonyl (C=O) groups excluding carboxylic acids is 1. The molecule has 2 saturated heterocycles. The lowest BCUT2D eigenvalue weighted by molar-refractivity contribution is 0.0599. The van der Waals surface area contributed by atoms with Crippen LogP contribution in [0.4, 0.5) is 0 Å². The molecule has 5 heteroatoms. The molecule has 0 spiro atoms. The fraction of sp³-hybridized carbons (Fsp3) is 0.706. The van der Waals surface area contributed by atoms with E-state index >= 15 is 0 Å². The first kappa shape index (κ1) is 15.6. The highest BCUT2D eigenvalue weighted by atomic mass is 16.5. The molecule has 1 aromatic heterocycles. The number of piperidine rings is 1. The van der Waals surface area contributed by atoms with E-state index in [1.807, 2.05) is 13.0 Å². The second-order valence-electron chi connectivity index (χ2n) is 6.42. The Labute approximate surface area is 132 Å². The molecule has 0 amide bonds. The fourth-order valence-electron chi connectivity index (χ4n) is 3.70. The summed E-state index contributed by atoms with van der Waals surface area (Å²) in [6.45, 7) is 7.37. The van der Waals surface area contributed by atoms with Gasteiger partial charge in [0.2, 0.25) is 0 Å². The zero-order valence-electron chi connectivity index (χ0n) is 13.6. The van der Waals surface area contributed by atoms with Crippen LogP contribution in [0.25, 0.3) is 0 Å². The van der Waals surface area contributed by atoms with Crippen molar-refractivity contribution >= 4 is 5.97 Å². The van der Waals surface area contributed by atoms with Gasteiger partial charge in [0, 0.05) is 19.1 Å². The van der Waals surface area contributed by atoms with Crippen molar-refractivity contribution < 1.29 is 13.9 Å². The quantitative estimate of drug-likeness (QED) is 0.800. The first-order valence-electron chi connectivity index (χ1n) is 8.31. The molecule has 0 N–H and O–H groups in total. The molecule has 22 heavy (non-hydrogen) atoms. The summed E-state index contributed by atoms with van der Waals surface area (Å²) in [6, 6.07) is 2.59. The summed E-state index contributed by atoms with van der Waals surface area (Å²) >= 11 is 0. The van der Waals surface area contributed by atoms with E-state index in [4.69, 9.17) is 9.15 Å². The van der Waals surface area contributed by atoms with E-state index in [-0.39, 0.29) is 5.97 Å². The summed E-state index contributed by atoms with van der Waals surface area (Å²) in [7, 11) is 1.40. The number of esters is 1. The number of furan rings is 1. The molecule has 2 aliphatic heterocycles. The molecule has 122 valence electrons. The zero-order chi connectivity index (χ0) is 15.5. The van der Waals surface area contributed by atoms with Crippen LogP contribution in [0, 0.1) is 6.92 Å². The third-order valence-electron chi connectivity index (χ3n) is 4.97. The van der Waals surface area contributed by atoms with Crippen LogP contribution in [0.2, 0.25) is 0 Å². The number of nitrogens with zero attached hydrogens (tertiary/aromatic N) is 2. The molecule has 1 aromatic rings. The van der Waals surface area contributed by atoms with Gasteiger partial charge in [-0.05, 0) is 51.8 Å². The predicted molar refractivity (Wildman–Crippen MR) is 83.9 cm³/mol. The predicted octanol–water partition coefficient (Wildman–Crippen LogP) is 2.43. The van der Waals surface area contributed by atoms with Crippen molar-refractivity contribution in [1.29, 1.82) is 0 Å². The Hall–Kier alpha value is -1.33. The standard InChI is InChI=1S/C17H26N2O3/c1-13-16(17(20)21-2)11-15(22-13)12-18-9-5-14(6-10-18)19-7-3-4-8-19/h11,14H,3-10,12H2,1-2H3. The molecular weight excluding hydrogens is 280 g/mol. The lowest BCUT2D eigenvalue weighted by atomic mass is 10.0. The first-order valence-corrected chi connectivity index (χ1v) is 8.31. The van der Waals surface area contributed by atoms with Crippen molar-refractivity contribution in [3.8, 4) is 0 Å². The minimum absolute atomic E-state index is 0.319. The van der Waals surface area contributed by atoms with Gasteiger partial charge in [0.15, 0.2) is 0 Å². The van der Waals surface area contributed by atoms with E-state index in [2.05, 4.69) is 9.80 Å². The molecular formula is C17H26N2O3. The number of hydrogen-bond acceptors (Lipinski definition) is 5. The number of methoxy groups -OCH3 is 1. The van der Waals surface area contributed by atoms with Gasteiger partial charge in [0.25, 0.3) is 0 Å². The highest BCUT2D eigenvalue weighted by molar-refractivity contribution is 5.90. The maximum atomic E-state index is 11.6. The molecule has 5 nitrogen and oxygen atoms in total. The van der Waals surface area contributed by atoms with Crippen LogP contribution in [0.15, 0.2) is 10.5 Å². The second kappa shape index (κ2) is 6.84. The largest absolute Gasteiger partial charge is 0.465 e. The maximum absolute atomic E-state index is 11.6. The van der Waals surface area contributed by atoms with Crippen molar-refractivity contribution in [3.63, 3.8) is 0 Å². The Balaban J connectivity index is 1.53. The Morgan fingerprint density at radius 1 is 1.27 bits per heavy atom. The minimum atomic E-state index is -0.319. The Morgan fingerprint density at radius 3 is 2.59 bits per heavy atom. The SMILES string of the molecule is COC(=O)c1cc(CN2CCC(N3CCCC3)CC2)oc1C. The summed E-state index contributed by atoms with van der Waals surface area (Å²) in [5, 5.41) is 0. The monoisotopic (exact) mass is 306 g/mol. The van der Waals surface area contributed by atoms with Crippen molar-refractivity contribution in [3.05, 3.63) is 23.2 Å². The zero-order valence-corrected chi connectivity index (χ0v) is 13.6. The Kier molecular flexibility index (Phi) is 4.84. The van der Waals surface area contributed by atoms with Crippen molar-refractivity contribution in [2.45, 2.75) is 45.2 Å². The molecule has 0 unspecified atom stereocenters. The smallest absolute Gasteiger partial charge is 0.341 e. The van der Waals surface area contributed by atoms with Gasteiger partial charge < -0.3 is 14.1 Å². The van der Waals surface area contributed by atoms with Gasteiger partial charge in [-0.1, -0.05) is 0 Å². The number of aryl methyl sites for hydroxylation is 1. The molecule has 0 atom stereocenters. The van der Waals surface area contributed by atoms with Crippen LogP contribution in [0.3, 0.4) is 0 Å². The van der Waals surface area contributed by atoms with Crippen molar-refractivity contribution in [2.24, 2.45) is 0 Å². The van der Waals surface area contributed by atoms with Gasteiger partial charge >= 0.3 is 5.97 Å². The van der Waals surface area contributed by atoms with E-state index in [1.54, 1.807) is 0 Å². The summed E-state index contributed by atoms with van der Waals surface area (Å²) in [4.78, 5) is 16.7. The van der Waals surface area contributed by atoms with E-state index in [0.717, 1.165) is 31.4 Å². The van der Waals surface area contributed by atoms with Crippen molar-refractivity contribution in [2.75, 3.05) is 33.3 Å². The van der Waals surface area contributed by atoms with Crippen LogP contribution in [-0.4, -0.2) is 55.1 Å². The van der Waals surface area contributed by atoms with Gasteiger partial charge in [-0.3, -0.25) is 4.90 Å². The molecule has 0 aromatic carbocycles. The Bertz CT molecular complexity index is 512. The van der Waals surface area contributed by atoms with E-state index in [1.165, 1.54) is 45.9 Å². The normalized spacial score (nSPS) is 21.4. The summed E-state index contributed by atoms with van der Waals surface area (Å²) < 4.78 is 10.5. The Morgan fingerprint density at radius 2 is 1.95 bits per heavy atom. The third-order valence-corrected chi connectivity index (χ3v) is 4.97. The van der Waals surface area contributed by atoms with Crippen LogP contribution in [0.5, 0.6) is 0 Å². The van der Waals surface area contributed by atoms with Gasteiger partial charge in [0.1, 0.15) is 17.1 Å².